The number of aromatic amines is 1. The standard InChI is InChI=1S/C24H27N3O2/c1-3-16(2)22(26-23(28)17-9-5-4-6-10-17)24(29)27-14-13-21-19(15-27)18-11-7-8-12-20(18)25-21/h4-12,16,22,25H,3,13-15H2,1-2H3,(H,26,28)/t16-,22-/m0/s1. The number of para-hydroxylation sites is 1. The first-order valence-corrected chi connectivity index (χ1v) is 10.3. The van der Waals surface area contributed by atoms with E-state index < -0.39 is 6.04 Å². The van der Waals surface area contributed by atoms with Crippen LogP contribution in [0.15, 0.2) is 54.6 Å². The highest BCUT2D eigenvalue weighted by molar-refractivity contribution is 5.97. The summed E-state index contributed by atoms with van der Waals surface area (Å²) in [5, 5.41) is 4.17. The summed E-state index contributed by atoms with van der Waals surface area (Å²) in [6.07, 6.45) is 1.62. The zero-order chi connectivity index (χ0) is 20.4. The van der Waals surface area contributed by atoms with Crippen LogP contribution >= 0.6 is 0 Å². The van der Waals surface area contributed by atoms with Crippen LogP contribution in [0.4, 0.5) is 0 Å². The molecule has 2 aromatic carbocycles. The van der Waals surface area contributed by atoms with Gasteiger partial charge in [-0.25, -0.2) is 0 Å². The first-order valence-electron chi connectivity index (χ1n) is 10.3. The molecule has 0 radical (unpaired) electrons. The van der Waals surface area contributed by atoms with E-state index in [2.05, 4.69) is 22.4 Å². The van der Waals surface area contributed by atoms with E-state index >= 15 is 0 Å². The lowest BCUT2D eigenvalue weighted by molar-refractivity contribution is -0.135. The van der Waals surface area contributed by atoms with Crippen LogP contribution < -0.4 is 5.32 Å². The van der Waals surface area contributed by atoms with Gasteiger partial charge in [-0.05, 0) is 24.1 Å². The molecule has 2 N–H and O–H groups in total. The number of nitrogens with one attached hydrogen (secondary N) is 2. The van der Waals surface area contributed by atoms with Gasteiger partial charge in [-0.2, -0.15) is 0 Å². The Bertz CT molecular complexity index is 1030. The predicted octanol–water partition coefficient (Wildman–Crippen LogP) is 3.90. The van der Waals surface area contributed by atoms with Gasteiger partial charge in [0.05, 0.1) is 0 Å². The van der Waals surface area contributed by atoms with Gasteiger partial charge >= 0.3 is 0 Å². The van der Waals surface area contributed by atoms with Gasteiger partial charge in [0.25, 0.3) is 5.91 Å². The van der Waals surface area contributed by atoms with E-state index in [9.17, 15) is 9.59 Å². The molecule has 0 aliphatic carbocycles. The van der Waals surface area contributed by atoms with Crippen molar-refractivity contribution in [2.24, 2.45) is 5.92 Å². The molecule has 2 heterocycles. The maximum absolute atomic E-state index is 13.4. The second kappa shape index (κ2) is 8.11. The monoisotopic (exact) mass is 389 g/mol. The van der Waals surface area contributed by atoms with Crippen molar-refractivity contribution in [3.63, 3.8) is 0 Å². The summed E-state index contributed by atoms with van der Waals surface area (Å²) < 4.78 is 0. The Morgan fingerprint density at radius 2 is 1.83 bits per heavy atom. The third-order valence-electron chi connectivity index (χ3n) is 6.00. The van der Waals surface area contributed by atoms with E-state index in [1.807, 2.05) is 49.1 Å². The Hall–Kier alpha value is -3.08. The highest BCUT2D eigenvalue weighted by Crippen LogP contribution is 2.28. The summed E-state index contributed by atoms with van der Waals surface area (Å²) in [4.78, 5) is 31.5. The number of nitrogens with zero attached hydrogens (tertiary/aromatic N) is 1. The molecule has 3 aromatic rings. The van der Waals surface area contributed by atoms with Crippen molar-refractivity contribution in [1.82, 2.24) is 15.2 Å². The van der Waals surface area contributed by atoms with E-state index in [0.29, 0.717) is 18.7 Å². The van der Waals surface area contributed by atoms with Gasteiger partial charge in [0.2, 0.25) is 5.91 Å². The molecule has 5 nitrogen and oxygen atoms in total. The molecule has 5 heteroatoms. The number of hydrogen-bond acceptors (Lipinski definition) is 2. The van der Waals surface area contributed by atoms with Gasteiger partial charge in [0, 0.05) is 47.2 Å². The SMILES string of the molecule is CC[C@H](C)[C@H](NC(=O)c1ccccc1)C(=O)N1CCc2[nH]c3ccccc3c2C1. The van der Waals surface area contributed by atoms with Crippen molar-refractivity contribution in [1.29, 1.82) is 0 Å². The largest absolute Gasteiger partial charge is 0.358 e. The van der Waals surface area contributed by atoms with Crippen LogP contribution in [0.2, 0.25) is 0 Å². The molecular formula is C24H27N3O2. The second-order valence-corrected chi connectivity index (χ2v) is 7.84. The molecule has 4 rings (SSSR count). The first-order chi connectivity index (χ1) is 14.1. The highest BCUT2D eigenvalue weighted by atomic mass is 16.2. The minimum absolute atomic E-state index is 0.000405. The average molecular weight is 389 g/mol. The van der Waals surface area contributed by atoms with E-state index in [1.165, 1.54) is 16.6 Å². The van der Waals surface area contributed by atoms with E-state index in [-0.39, 0.29) is 17.7 Å². The van der Waals surface area contributed by atoms with Crippen LogP contribution in [-0.4, -0.2) is 34.3 Å². The molecule has 0 fully saturated rings. The molecule has 2 amide bonds. The summed E-state index contributed by atoms with van der Waals surface area (Å²) >= 11 is 0. The molecule has 29 heavy (non-hydrogen) atoms. The molecule has 0 saturated carbocycles. The van der Waals surface area contributed by atoms with Crippen molar-refractivity contribution >= 4 is 22.7 Å². The maximum Gasteiger partial charge on any atom is 0.251 e. The topological polar surface area (TPSA) is 65.2 Å². The number of amides is 2. The molecule has 1 aromatic heterocycles. The van der Waals surface area contributed by atoms with E-state index in [0.717, 1.165) is 18.4 Å². The molecule has 2 atom stereocenters. The van der Waals surface area contributed by atoms with Crippen LogP contribution in [0.1, 0.15) is 41.9 Å². The Morgan fingerprint density at radius 3 is 2.59 bits per heavy atom. The van der Waals surface area contributed by atoms with E-state index in [1.54, 1.807) is 12.1 Å². The molecule has 0 bridgehead atoms. The smallest absolute Gasteiger partial charge is 0.251 e. The Balaban J connectivity index is 1.56. The number of carbonyl (C=O) groups is 2. The number of fused-ring (bicyclic) bond motifs is 3. The quantitative estimate of drug-likeness (QED) is 0.695. The summed E-state index contributed by atoms with van der Waals surface area (Å²) in [5.41, 5.74) is 4.09. The van der Waals surface area contributed by atoms with Crippen LogP contribution in [0, 0.1) is 5.92 Å². The van der Waals surface area contributed by atoms with Gasteiger partial charge in [0.1, 0.15) is 6.04 Å². The molecule has 1 aliphatic rings. The predicted molar refractivity (Wildman–Crippen MR) is 115 cm³/mol. The second-order valence-electron chi connectivity index (χ2n) is 7.84. The highest BCUT2D eigenvalue weighted by Gasteiger charge is 2.32. The zero-order valence-electron chi connectivity index (χ0n) is 16.9. The number of carbonyl (C=O) groups excluding carboxylic acids is 2. The molecular weight excluding hydrogens is 362 g/mol. The number of hydrogen-bond donors (Lipinski definition) is 2. The zero-order valence-corrected chi connectivity index (χ0v) is 16.9. The van der Waals surface area contributed by atoms with E-state index in [4.69, 9.17) is 0 Å². The minimum atomic E-state index is -0.528. The fourth-order valence-corrected chi connectivity index (χ4v) is 4.05. The van der Waals surface area contributed by atoms with Gasteiger partial charge < -0.3 is 15.2 Å². The molecule has 0 unspecified atom stereocenters. The number of benzene rings is 2. The molecule has 0 spiro atoms. The summed E-state index contributed by atoms with van der Waals surface area (Å²) in [6, 6.07) is 16.8. The summed E-state index contributed by atoms with van der Waals surface area (Å²) in [7, 11) is 0. The average Bonchev–Trinajstić information content (AvgIpc) is 3.14. The van der Waals surface area contributed by atoms with Crippen LogP contribution in [0.25, 0.3) is 10.9 Å². The lowest BCUT2D eigenvalue weighted by Crippen LogP contribution is -2.52. The van der Waals surface area contributed by atoms with Gasteiger partial charge in [-0.3, -0.25) is 9.59 Å². The normalized spacial score (nSPS) is 15.6. The van der Waals surface area contributed by atoms with Crippen molar-refractivity contribution in [2.45, 2.75) is 39.3 Å². The van der Waals surface area contributed by atoms with Crippen molar-refractivity contribution < 1.29 is 9.59 Å². The molecule has 0 saturated heterocycles. The Kier molecular flexibility index (Phi) is 5.38. The number of rotatable bonds is 5. The fourth-order valence-electron chi connectivity index (χ4n) is 4.05. The van der Waals surface area contributed by atoms with Gasteiger partial charge in [-0.1, -0.05) is 56.7 Å². The molecule has 1 aliphatic heterocycles. The summed E-state index contributed by atoms with van der Waals surface area (Å²) in [5.74, 6) is -0.145. The third kappa shape index (κ3) is 3.77. The van der Waals surface area contributed by atoms with Gasteiger partial charge in [0.15, 0.2) is 0 Å². The molecule has 150 valence electrons. The fraction of sp³-hybridized carbons (Fsp3) is 0.333. The first kappa shape index (κ1) is 19.2. The van der Waals surface area contributed by atoms with Gasteiger partial charge in [-0.15, -0.1) is 0 Å². The lowest BCUT2D eigenvalue weighted by Gasteiger charge is -2.33. The van der Waals surface area contributed by atoms with Crippen LogP contribution in [0.5, 0.6) is 0 Å². The van der Waals surface area contributed by atoms with Crippen LogP contribution in [0.3, 0.4) is 0 Å². The lowest BCUT2D eigenvalue weighted by atomic mass is 9.95. The van der Waals surface area contributed by atoms with Crippen molar-refractivity contribution in [3.8, 4) is 0 Å². The van der Waals surface area contributed by atoms with Crippen molar-refractivity contribution in [3.05, 3.63) is 71.4 Å². The maximum atomic E-state index is 13.4. The van der Waals surface area contributed by atoms with Crippen molar-refractivity contribution in [2.75, 3.05) is 6.54 Å². The van der Waals surface area contributed by atoms with Crippen LogP contribution in [-0.2, 0) is 17.8 Å². The third-order valence-corrected chi connectivity index (χ3v) is 6.00. The Morgan fingerprint density at radius 1 is 1.10 bits per heavy atom. The number of aromatic nitrogens is 1. The minimum Gasteiger partial charge on any atom is -0.358 e. The Labute approximate surface area is 171 Å². The number of H-pyrrole nitrogens is 1. The summed E-state index contributed by atoms with van der Waals surface area (Å²) in [6.45, 7) is 5.31.